The van der Waals surface area contributed by atoms with Gasteiger partial charge in [0.25, 0.3) is 0 Å². The van der Waals surface area contributed by atoms with Crippen LogP contribution in [-0.2, 0) is 9.59 Å². The topological polar surface area (TPSA) is 91.2 Å². The molecule has 7 heteroatoms. The number of hydrogen-bond acceptors (Lipinski definition) is 5. The number of nitrogens with one attached hydrogen (secondary N) is 2. The Morgan fingerprint density at radius 3 is 2.47 bits per heavy atom. The number of thioether (sulfide) groups is 1. The molecule has 1 aliphatic heterocycles. The van der Waals surface area contributed by atoms with Crippen molar-refractivity contribution in [3.05, 3.63) is 69.3 Å². The molecule has 2 amide bonds. The first-order chi connectivity index (χ1) is 15.3. The van der Waals surface area contributed by atoms with Gasteiger partial charge in [0, 0.05) is 18.0 Å². The van der Waals surface area contributed by atoms with E-state index in [-0.39, 0.29) is 29.9 Å². The molecule has 2 aromatic rings. The molecule has 0 radical (unpaired) electrons. The minimum Gasteiger partial charge on any atom is -0.494 e. The second kappa shape index (κ2) is 10.4. The van der Waals surface area contributed by atoms with E-state index in [0.29, 0.717) is 17.2 Å². The maximum Gasteiger partial charge on any atom is 0.234 e. The van der Waals surface area contributed by atoms with Crippen molar-refractivity contribution in [3.63, 3.8) is 0 Å². The molecule has 166 valence electrons. The number of nitriles is 1. The maximum absolute atomic E-state index is 12.6. The fourth-order valence-corrected chi connectivity index (χ4v) is 4.75. The Balaban J connectivity index is 1.76. The average Bonchev–Trinajstić information content (AvgIpc) is 2.75. The van der Waals surface area contributed by atoms with Crippen molar-refractivity contribution in [2.24, 2.45) is 0 Å². The number of aryl methyl sites for hydroxylation is 3. The molecule has 1 aliphatic rings. The first-order valence-corrected chi connectivity index (χ1v) is 11.5. The summed E-state index contributed by atoms with van der Waals surface area (Å²) in [5.74, 6) is 0.121. The lowest BCUT2D eigenvalue weighted by Gasteiger charge is -2.25. The molecule has 6 nitrogen and oxygen atoms in total. The highest BCUT2D eigenvalue weighted by Crippen LogP contribution is 2.36. The Labute approximate surface area is 193 Å². The van der Waals surface area contributed by atoms with Gasteiger partial charge in [0.15, 0.2) is 0 Å². The lowest BCUT2D eigenvalue weighted by molar-refractivity contribution is -0.121. The highest BCUT2D eigenvalue weighted by atomic mass is 32.2. The molecule has 32 heavy (non-hydrogen) atoms. The van der Waals surface area contributed by atoms with Crippen molar-refractivity contribution < 1.29 is 14.3 Å². The number of amides is 2. The molecule has 0 spiro atoms. The minimum absolute atomic E-state index is 0.0869. The van der Waals surface area contributed by atoms with Crippen LogP contribution in [0.5, 0.6) is 5.75 Å². The van der Waals surface area contributed by atoms with Gasteiger partial charge in [0.1, 0.15) is 5.75 Å². The molecule has 0 fully saturated rings. The number of rotatable bonds is 7. The standard InChI is InChI=1S/C25H27N3O3S/c1-5-31-19-8-6-18(7-9-19)20-12-22(29)28-25(21(20)13-26)32-14-23(30)27-24-16(3)10-15(2)11-17(24)4/h6-11,20H,5,12,14H2,1-4H3,(H,27,30)(H,28,29). The molecule has 1 atom stereocenters. The first-order valence-electron chi connectivity index (χ1n) is 10.5. The Kier molecular flexibility index (Phi) is 7.60. The average molecular weight is 450 g/mol. The summed E-state index contributed by atoms with van der Waals surface area (Å²) in [4.78, 5) is 25.0. The zero-order chi connectivity index (χ0) is 23.3. The van der Waals surface area contributed by atoms with Crippen LogP contribution in [0.2, 0.25) is 0 Å². The molecule has 0 saturated carbocycles. The van der Waals surface area contributed by atoms with Crippen LogP contribution in [0.3, 0.4) is 0 Å². The van der Waals surface area contributed by atoms with Crippen LogP contribution < -0.4 is 15.4 Å². The van der Waals surface area contributed by atoms with Gasteiger partial charge in [0.2, 0.25) is 11.8 Å². The monoisotopic (exact) mass is 449 g/mol. The molecule has 0 bridgehead atoms. The molecule has 3 rings (SSSR count). The normalized spacial score (nSPS) is 15.7. The van der Waals surface area contributed by atoms with Gasteiger partial charge in [-0.05, 0) is 56.5 Å². The molecule has 1 heterocycles. The molecule has 0 aromatic heterocycles. The lowest BCUT2D eigenvalue weighted by Crippen LogP contribution is -2.31. The molecular formula is C25H27N3O3S. The van der Waals surface area contributed by atoms with Crippen molar-refractivity contribution in [3.8, 4) is 11.8 Å². The third-order valence-electron chi connectivity index (χ3n) is 5.24. The summed E-state index contributed by atoms with van der Waals surface area (Å²) >= 11 is 1.17. The number of nitrogens with zero attached hydrogens (tertiary/aromatic N) is 1. The molecular weight excluding hydrogens is 422 g/mol. The van der Waals surface area contributed by atoms with Crippen molar-refractivity contribution in [2.75, 3.05) is 17.7 Å². The zero-order valence-corrected chi connectivity index (χ0v) is 19.6. The van der Waals surface area contributed by atoms with Gasteiger partial charge in [-0.15, -0.1) is 0 Å². The predicted octanol–water partition coefficient (Wildman–Crippen LogP) is 4.72. The summed E-state index contributed by atoms with van der Waals surface area (Å²) in [5, 5.41) is 16.0. The van der Waals surface area contributed by atoms with Crippen molar-refractivity contribution >= 4 is 29.3 Å². The van der Waals surface area contributed by atoms with Crippen LogP contribution in [-0.4, -0.2) is 24.2 Å². The molecule has 1 unspecified atom stereocenters. The smallest absolute Gasteiger partial charge is 0.234 e. The van der Waals surface area contributed by atoms with Crippen molar-refractivity contribution in [1.29, 1.82) is 5.26 Å². The van der Waals surface area contributed by atoms with Gasteiger partial charge in [-0.25, -0.2) is 0 Å². The van der Waals surface area contributed by atoms with E-state index < -0.39 is 0 Å². The number of anilines is 1. The maximum atomic E-state index is 12.6. The summed E-state index contributed by atoms with van der Waals surface area (Å²) in [5.41, 5.74) is 5.28. The SMILES string of the molecule is CCOc1ccc(C2CC(=O)NC(SCC(=O)Nc3c(C)cc(C)cc3C)=C2C#N)cc1. The highest BCUT2D eigenvalue weighted by Gasteiger charge is 2.30. The fraction of sp³-hybridized carbons (Fsp3) is 0.320. The molecule has 2 N–H and O–H groups in total. The number of carbonyl (C=O) groups is 2. The number of carbonyl (C=O) groups excluding carboxylic acids is 2. The van der Waals surface area contributed by atoms with Gasteiger partial charge in [-0.1, -0.05) is 41.6 Å². The van der Waals surface area contributed by atoms with E-state index in [1.807, 2.05) is 64.1 Å². The molecule has 0 aliphatic carbocycles. The summed E-state index contributed by atoms with van der Waals surface area (Å²) in [6.45, 7) is 8.42. The molecule has 0 saturated heterocycles. The quantitative estimate of drug-likeness (QED) is 0.638. The first kappa shape index (κ1) is 23.4. The van der Waals surface area contributed by atoms with E-state index in [9.17, 15) is 14.9 Å². The largest absolute Gasteiger partial charge is 0.494 e. The van der Waals surface area contributed by atoms with Crippen LogP contribution in [0.1, 0.15) is 41.5 Å². The highest BCUT2D eigenvalue weighted by molar-refractivity contribution is 8.03. The third kappa shape index (κ3) is 5.51. The van der Waals surface area contributed by atoms with Crippen LogP contribution in [0.25, 0.3) is 0 Å². The van der Waals surface area contributed by atoms with E-state index >= 15 is 0 Å². The van der Waals surface area contributed by atoms with Crippen LogP contribution >= 0.6 is 11.8 Å². The Morgan fingerprint density at radius 2 is 1.88 bits per heavy atom. The van der Waals surface area contributed by atoms with Crippen LogP contribution in [0.4, 0.5) is 5.69 Å². The van der Waals surface area contributed by atoms with E-state index in [1.165, 1.54) is 11.8 Å². The zero-order valence-electron chi connectivity index (χ0n) is 18.7. The fourth-order valence-electron chi connectivity index (χ4n) is 3.87. The van der Waals surface area contributed by atoms with Gasteiger partial charge >= 0.3 is 0 Å². The number of hydrogen-bond donors (Lipinski definition) is 2. The van der Waals surface area contributed by atoms with E-state index in [2.05, 4.69) is 16.7 Å². The second-order valence-corrected chi connectivity index (χ2v) is 8.76. The number of benzene rings is 2. The van der Waals surface area contributed by atoms with Gasteiger partial charge in [-0.3, -0.25) is 9.59 Å². The lowest BCUT2D eigenvalue weighted by atomic mass is 9.87. The molecule has 2 aromatic carbocycles. The minimum atomic E-state index is -0.350. The van der Waals surface area contributed by atoms with Crippen LogP contribution in [0, 0.1) is 32.1 Å². The second-order valence-electron chi connectivity index (χ2n) is 7.77. The summed E-state index contributed by atoms with van der Waals surface area (Å²) in [7, 11) is 0. The van der Waals surface area contributed by atoms with E-state index in [1.54, 1.807) is 0 Å². The number of ether oxygens (including phenoxy) is 1. The Bertz CT molecular complexity index is 1080. The van der Waals surface area contributed by atoms with Crippen LogP contribution in [0.15, 0.2) is 47.0 Å². The van der Waals surface area contributed by atoms with E-state index in [4.69, 9.17) is 4.74 Å². The van der Waals surface area contributed by atoms with E-state index in [0.717, 1.165) is 33.7 Å². The summed E-state index contributed by atoms with van der Waals surface area (Å²) in [6, 6.07) is 13.7. The summed E-state index contributed by atoms with van der Waals surface area (Å²) in [6.07, 6.45) is 0.189. The summed E-state index contributed by atoms with van der Waals surface area (Å²) < 4.78 is 5.48. The number of allylic oxidation sites excluding steroid dienone is 1. The predicted molar refractivity (Wildman–Crippen MR) is 127 cm³/mol. The Morgan fingerprint density at radius 1 is 1.22 bits per heavy atom. The van der Waals surface area contributed by atoms with Gasteiger partial charge in [-0.2, -0.15) is 5.26 Å². The van der Waals surface area contributed by atoms with Crippen molar-refractivity contribution in [1.82, 2.24) is 5.32 Å². The van der Waals surface area contributed by atoms with Crippen molar-refractivity contribution in [2.45, 2.75) is 40.0 Å². The Hall–Kier alpha value is -3.24. The third-order valence-corrected chi connectivity index (χ3v) is 6.26. The van der Waals surface area contributed by atoms with Gasteiger partial charge < -0.3 is 15.4 Å². The van der Waals surface area contributed by atoms with Gasteiger partial charge in [0.05, 0.1) is 29.0 Å².